The number of amides is 2. The highest BCUT2D eigenvalue weighted by molar-refractivity contribution is 5.88. The van der Waals surface area contributed by atoms with E-state index in [0.717, 1.165) is 22.3 Å². The molecule has 160 valence electrons. The SMILES string of the molecule is CCNC(=O)[C@H](Cc1ccccc1)N(Cc1ccc(C)cc1)C(=O)Cc1ccccc1. The summed E-state index contributed by atoms with van der Waals surface area (Å²) in [6, 6.07) is 27.1. The zero-order chi connectivity index (χ0) is 22.1. The lowest BCUT2D eigenvalue weighted by atomic mass is 10.0. The Morgan fingerprint density at radius 1 is 0.806 bits per heavy atom. The van der Waals surface area contributed by atoms with Gasteiger partial charge >= 0.3 is 0 Å². The number of benzene rings is 3. The van der Waals surface area contributed by atoms with Crippen LogP contribution in [0.2, 0.25) is 0 Å². The van der Waals surface area contributed by atoms with E-state index in [-0.39, 0.29) is 18.2 Å². The van der Waals surface area contributed by atoms with Gasteiger partial charge in [-0.1, -0.05) is 90.5 Å². The second-order valence-corrected chi connectivity index (χ2v) is 7.77. The molecule has 3 aromatic carbocycles. The summed E-state index contributed by atoms with van der Waals surface area (Å²) < 4.78 is 0. The van der Waals surface area contributed by atoms with E-state index in [9.17, 15) is 9.59 Å². The Balaban J connectivity index is 1.93. The van der Waals surface area contributed by atoms with Crippen LogP contribution in [0.5, 0.6) is 0 Å². The smallest absolute Gasteiger partial charge is 0.243 e. The number of carbonyl (C=O) groups is 2. The van der Waals surface area contributed by atoms with Crippen molar-refractivity contribution < 1.29 is 9.59 Å². The van der Waals surface area contributed by atoms with Gasteiger partial charge in [-0.25, -0.2) is 0 Å². The first kappa shape index (κ1) is 22.3. The minimum atomic E-state index is -0.583. The first-order chi connectivity index (χ1) is 15.1. The summed E-state index contributed by atoms with van der Waals surface area (Å²) in [5, 5.41) is 2.93. The van der Waals surface area contributed by atoms with Crippen LogP contribution in [0, 0.1) is 6.92 Å². The number of carbonyl (C=O) groups excluding carboxylic acids is 2. The number of likely N-dealkylation sites (N-methyl/N-ethyl adjacent to an activating group) is 1. The number of nitrogens with one attached hydrogen (secondary N) is 1. The molecule has 0 bridgehead atoms. The van der Waals surface area contributed by atoms with Crippen LogP contribution in [-0.4, -0.2) is 29.3 Å². The lowest BCUT2D eigenvalue weighted by molar-refractivity contribution is -0.140. The predicted octanol–water partition coefficient (Wildman–Crippen LogP) is 4.31. The number of rotatable bonds is 9. The van der Waals surface area contributed by atoms with E-state index in [2.05, 4.69) is 5.32 Å². The molecule has 4 heteroatoms. The fourth-order valence-electron chi connectivity index (χ4n) is 3.61. The van der Waals surface area contributed by atoms with Gasteiger partial charge in [-0.2, -0.15) is 0 Å². The van der Waals surface area contributed by atoms with Crippen LogP contribution in [-0.2, 0) is 29.0 Å². The van der Waals surface area contributed by atoms with Gasteiger partial charge in [0, 0.05) is 19.5 Å². The van der Waals surface area contributed by atoms with E-state index >= 15 is 0 Å². The van der Waals surface area contributed by atoms with Gasteiger partial charge in [-0.05, 0) is 30.5 Å². The number of nitrogens with zero attached hydrogens (tertiary/aromatic N) is 1. The zero-order valence-corrected chi connectivity index (χ0v) is 18.3. The summed E-state index contributed by atoms with van der Waals surface area (Å²) in [6.45, 7) is 4.85. The highest BCUT2D eigenvalue weighted by Gasteiger charge is 2.30. The molecule has 4 nitrogen and oxygen atoms in total. The van der Waals surface area contributed by atoms with Crippen molar-refractivity contribution in [1.82, 2.24) is 10.2 Å². The molecule has 0 unspecified atom stereocenters. The van der Waals surface area contributed by atoms with Gasteiger partial charge in [0.2, 0.25) is 11.8 Å². The number of hydrogen-bond acceptors (Lipinski definition) is 2. The molecule has 0 saturated carbocycles. The molecule has 1 atom stereocenters. The third-order valence-corrected chi connectivity index (χ3v) is 5.29. The lowest BCUT2D eigenvalue weighted by Gasteiger charge is -2.31. The maximum absolute atomic E-state index is 13.5. The van der Waals surface area contributed by atoms with Crippen LogP contribution in [0.3, 0.4) is 0 Å². The third kappa shape index (κ3) is 6.54. The molecule has 1 N–H and O–H groups in total. The Labute approximate surface area is 184 Å². The van der Waals surface area contributed by atoms with Crippen LogP contribution >= 0.6 is 0 Å². The van der Waals surface area contributed by atoms with E-state index in [4.69, 9.17) is 0 Å². The molecule has 0 aliphatic heterocycles. The van der Waals surface area contributed by atoms with Crippen LogP contribution < -0.4 is 5.32 Å². The first-order valence-electron chi connectivity index (χ1n) is 10.8. The largest absolute Gasteiger partial charge is 0.355 e. The van der Waals surface area contributed by atoms with Crippen molar-refractivity contribution in [3.8, 4) is 0 Å². The standard InChI is InChI=1S/C27H30N2O2/c1-3-28-27(31)25(18-22-10-6-4-7-11-22)29(20-24-16-14-21(2)15-17-24)26(30)19-23-12-8-5-9-13-23/h4-17,25H,3,18-20H2,1-2H3,(H,28,31)/t25-/m0/s1. The summed E-state index contributed by atoms with van der Waals surface area (Å²) in [5.41, 5.74) is 4.14. The molecule has 0 aliphatic rings. The Bertz CT molecular complexity index is 969. The van der Waals surface area contributed by atoms with Gasteiger partial charge in [-0.15, -0.1) is 0 Å². The Hall–Kier alpha value is -3.40. The van der Waals surface area contributed by atoms with Crippen LogP contribution in [0.15, 0.2) is 84.9 Å². The first-order valence-corrected chi connectivity index (χ1v) is 10.8. The molecular weight excluding hydrogens is 384 g/mol. The van der Waals surface area contributed by atoms with Crippen LogP contribution in [0.1, 0.15) is 29.2 Å². The zero-order valence-electron chi connectivity index (χ0n) is 18.3. The van der Waals surface area contributed by atoms with Gasteiger partial charge in [0.15, 0.2) is 0 Å². The fraction of sp³-hybridized carbons (Fsp3) is 0.259. The van der Waals surface area contributed by atoms with E-state index in [1.807, 2.05) is 98.8 Å². The minimum absolute atomic E-state index is 0.0565. The van der Waals surface area contributed by atoms with Crippen LogP contribution in [0.4, 0.5) is 0 Å². The normalized spacial score (nSPS) is 11.5. The summed E-state index contributed by atoms with van der Waals surface area (Å²) >= 11 is 0. The molecule has 0 fully saturated rings. The van der Waals surface area contributed by atoms with Gasteiger partial charge in [-0.3, -0.25) is 9.59 Å². The Morgan fingerprint density at radius 2 is 1.39 bits per heavy atom. The van der Waals surface area contributed by atoms with Crippen molar-refractivity contribution in [3.05, 3.63) is 107 Å². The molecule has 0 spiro atoms. The number of aryl methyl sites for hydroxylation is 1. The maximum atomic E-state index is 13.5. The molecule has 31 heavy (non-hydrogen) atoms. The Morgan fingerprint density at radius 3 is 1.97 bits per heavy atom. The van der Waals surface area contributed by atoms with E-state index < -0.39 is 6.04 Å². The second-order valence-electron chi connectivity index (χ2n) is 7.77. The van der Waals surface area contributed by atoms with E-state index in [1.54, 1.807) is 4.90 Å². The average molecular weight is 415 g/mol. The van der Waals surface area contributed by atoms with Crippen LogP contribution in [0.25, 0.3) is 0 Å². The molecule has 3 rings (SSSR count). The molecule has 0 saturated heterocycles. The lowest BCUT2D eigenvalue weighted by Crippen LogP contribution is -2.50. The molecule has 0 heterocycles. The Kier molecular flexibility index (Phi) is 7.99. The van der Waals surface area contributed by atoms with Crippen molar-refractivity contribution in [2.45, 2.75) is 39.3 Å². The molecule has 3 aromatic rings. The van der Waals surface area contributed by atoms with Crippen molar-refractivity contribution in [3.63, 3.8) is 0 Å². The molecular formula is C27H30N2O2. The van der Waals surface area contributed by atoms with Crippen molar-refractivity contribution in [2.75, 3.05) is 6.54 Å². The summed E-state index contributed by atoms with van der Waals surface area (Å²) in [4.78, 5) is 28.3. The predicted molar refractivity (Wildman–Crippen MR) is 124 cm³/mol. The molecule has 2 amide bonds. The van der Waals surface area contributed by atoms with Gasteiger partial charge in [0.05, 0.1) is 6.42 Å². The van der Waals surface area contributed by atoms with Gasteiger partial charge in [0.1, 0.15) is 6.04 Å². The van der Waals surface area contributed by atoms with E-state index in [1.165, 1.54) is 0 Å². The minimum Gasteiger partial charge on any atom is -0.355 e. The highest BCUT2D eigenvalue weighted by atomic mass is 16.2. The second kappa shape index (κ2) is 11.1. The number of hydrogen-bond donors (Lipinski definition) is 1. The maximum Gasteiger partial charge on any atom is 0.243 e. The summed E-state index contributed by atoms with van der Waals surface area (Å²) in [7, 11) is 0. The quantitative estimate of drug-likeness (QED) is 0.567. The fourth-order valence-corrected chi connectivity index (χ4v) is 3.61. The molecule has 0 aromatic heterocycles. The van der Waals surface area contributed by atoms with Crippen molar-refractivity contribution in [1.29, 1.82) is 0 Å². The van der Waals surface area contributed by atoms with Gasteiger partial charge < -0.3 is 10.2 Å². The summed E-state index contributed by atoms with van der Waals surface area (Å²) in [5.74, 6) is -0.182. The molecule has 0 aliphatic carbocycles. The highest BCUT2D eigenvalue weighted by Crippen LogP contribution is 2.17. The van der Waals surface area contributed by atoms with E-state index in [0.29, 0.717) is 19.5 Å². The molecule has 0 radical (unpaired) electrons. The third-order valence-electron chi connectivity index (χ3n) is 5.29. The average Bonchev–Trinajstić information content (AvgIpc) is 2.79. The van der Waals surface area contributed by atoms with Gasteiger partial charge in [0.25, 0.3) is 0 Å². The summed E-state index contributed by atoms with van der Waals surface area (Å²) in [6.07, 6.45) is 0.733. The van der Waals surface area contributed by atoms with Crippen molar-refractivity contribution >= 4 is 11.8 Å². The monoisotopic (exact) mass is 414 g/mol. The van der Waals surface area contributed by atoms with Crippen molar-refractivity contribution in [2.24, 2.45) is 0 Å². The topological polar surface area (TPSA) is 49.4 Å².